The average Bonchev–Trinajstić information content (AvgIpc) is 2.55. The number of rotatable bonds is 2. The lowest BCUT2D eigenvalue weighted by molar-refractivity contribution is -0.0715. The largest absolute Gasteiger partial charge is 0.465 e. The number of halogens is 2. The number of fused-ring (bicyclic) bond motifs is 1. The van der Waals surface area contributed by atoms with Gasteiger partial charge in [-0.3, -0.25) is 10.3 Å². The second-order valence-electron chi connectivity index (χ2n) is 5.74. The predicted octanol–water partition coefficient (Wildman–Crippen LogP) is 2.35. The van der Waals surface area contributed by atoms with Crippen LogP contribution < -0.4 is 11.1 Å². The summed E-state index contributed by atoms with van der Waals surface area (Å²) < 4.78 is 33.4. The molecule has 0 saturated carbocycles. The molecule has 0 radical (unpaired) electrons. The van der Waals surface area contributed by atoms with Crippen molar-refractivity contribution in [1.29, 1.82) is 0 Å². The Kier molecular flexibility index (Phi) is 4.64. The SMILES string of the molecule is Nc1ccc(F)c(C23CCOC(CF)C2CSC(NC(=O)O)=N3)c1. The van der Waals surface area contributed by atoms with Gasteiger partial charge >= 0.3 is 6.09 Å². The van der Waals surface area contributed by atoms with Crippen molar-refractivity contribution in [3.63, 3.8) is 0 Å². The first kappa shape index (κ1) is 17.0. The van der Waals surface area contributed by atoms with Crippen LogP contribution in [0.25, 0.3) is 0 Å². The predicted molar refractivity (Wildman–Crippen MR) is 87.4 cm³/mol. The minimum absolute atomic E-state index is 0.167. The van der Waals surface area contributed by atoms with Gasteiger partial charge in [0.05, 0.1) is 11.6 Å². The van der Waals surface area contributed by atoms with Crippen LogP contribution >= 0.6 is 11.8 Å². The third kappa shape index (κ3) is 2.93. The topological polar surface area (TPSA) is 96.9 Å². The van der Waals surface area contributed by atoms with Crippen LogP contribution in [-0.4, -0.2) is 41.5 Å². The van der Waals surface area contributed by atoms with E-state index in [1.165, 1.54) is 18.2 Å². The Labute approximate surface area is 141 Å². The van der Waals surface area contributed by atoms with E-state index in [-0.39, 0.29) is 17.3 Å². The highest BCUT2D eigenvalue weighted by molar-refractivity contribution is 8.13. The van der Waals surface area contributed by atoms with Crippen molar-refractivity contribution in [1.82, 2.24) is 5.32 Å². The zero-order valence-electron chi connectivity index (χ0n) is 12.7. The monoisotopic (exact) mass is 357 g/mol. The van der Waals surface area contributed by atoms with E-state index in [9.17, 15) is 13.6 Å². The molecule has 24 heavy (non-hydrogen) atoms. The number of nitrogen functional groups attached to an aromatic ring is 1. The number of aliphatic imine (C=N–C) groups is 1. The van der Waals surface area contributed by atoms with Crippen LogP contribution in [0.2, 0.25) is 0 Å². The number of amides is 1. The molecule has 3 unspecified atom stereocenters. The van der Waals surface area contributed by atoms with E-state index in [2.05, 4.69) is 10.3 Å². The molecular weight excluding hydrogens is 340 g/mol. The number of alkyl halides is 1. The molecule has 0 aromatic heterocycles. The summed E-state index contributed by atoms with van der Waals surface area (Å²) in [7, 11) is 0. The van der Waals surface area contributed by atoms with Gasteiger partial charge in [0.25, 0.3) is 0 Å². The lowest BCUT2D eigenvalue weighted by Gasteiger charge is -2.47. The van der Waals surface area contributed by atoms with Gasteiger partial charge in [0.15, 0.2) is 5.17 Å². The number of nitrogens with zero attached hydrogens (tertiary/aromatic N) is 1. The molecule has 3 rings (SSSR count). The maximum atomic E-state index is 14.5. The van der Waals surface area contributed by atoms with Crippen LogP contribution in [0, 0.1) is 11.7 Å². The second-order valence-corrected chi connectivity index (χ2v) is 6.75. The zero-order valence-corrected chi connectivity index (χ0v) is 13.5. The van der Waals surface area contributed by atoms with Crippen LogP contribution in [0.15, 0.2) is 23.2 Å². The number of carboxylic acid groups (broad SMARTS) is 1. The summed E-state index contributed by atoms with van der Waals surface area (Å²) >= 11 is 1.16. The Hall–Kier alpha value is -1.87. The molecule has 0 bridgehead atoms. The van der Waals surface area contributed by atoms with E-state index in [0.717, 1.165) is 11.8 Å². The van der Waals surface area contributed by atoms with Crippen LogP contribution in [0.4, 0.5) is 19.3 Å². The van der Waals surface area contributed by atoms with Crippen molar-refractivity contribution in [2.75, 3.05) is 24.8 Å². The van der Waals surface area contributed by atoms with E-state index in [1.807, 2.05) is 0 Å². The maximum Gasteiger partial charge on any atom is 0.410 e. The lowest BCUT2D eigenvalue weighted by atomic mass is 9.72. The summed E-state index contributed by atoms with van der Waals surface area (Å²) in [6.45, 7) is -0.512. The summed E-state index contributed by atoms with van der Waals surface area (Å²) in [5.74, 6) is -0.557. The van der Waals surface area contributed by atoms with Gasteiger partial charge in [-0.2, -0.15) is 0 Å². The second kappa shape index (κ2) is 6.56. The molecule has 2 aliphatic heterocycles. The Morgan fingerprint density at radius 2 is 2.38 bits per heavy atom. The van der Waals surface area contributed by atoms with Crippen molar-refractivity contribution < 1.29 is 23.4 Å². The van der Waals surface area contributed by atoms with Gasteiger partial charge in [-0.1, -0.05) is 11.8 Å². The molecule has 0 aliphatic carbocycles. The fourth-order valence-electron chi connectivity index (χ4n) is 3.32. The molecule has 1 aromatic rings. The number of nitrogens with one attached hydrogen (secondary N) is 1. The molecule has 1 saturated heterocycles. The number of anilines is 1. The third-order valence-corrected chi connectivity index (χ3v) is 5.39. The molecular formula is C15H17F2N3O3S. The molecule has 1 amide bonds. The number of benzene rings is 1. The highest BCUT2D eigenvalue weighted by Crippen LogP contribution is 2.48. The van der Waals surface area contributed by atoms with Crippen LogP contribution in [0.1, 0.15) is 12.0 Å². The van der Waals surface area contributed by atoms with Gasteiger partial charge in [-0.15, -0.1) is 0 Å². The van der Waals surface area contributed by atoms with Crippen molar-refractivity contribution in [3.8, 4) is 0 Å². The van der Waals surface area contributed by atoms with Crippen LogP contribution in [0.5, 0.6) is 0 Å². The van der Waals surface area contributed by atoms with Gasteiger partial charge in [-0.05, 0) is 18.2 Å². The number of carbonyl (C=O) groups is 1. The standard InChI is InChI=1S/C15H17F2N3O3S/c16-6-12-10-7-24-13(19-14(21)22)20-15(10,3-4-23-12)9-5-8(18)1-2-11(9)17/h1-2,5,10,12H,3-4,6-7,18H2,(H,19,20)(H,21,22). The smallest absolute Gasteiger partial charge is 0.410 e. The summed E-state index contributed by atoms with van der Waals surface area (Å²) in [6, 6.07) is 4.17. The first-order valence-corrected chi connectivity index (χ1v) is 8.40. The Balaban J connectivity index is 2.14. The Bertz CT molecular complexity index is 688. The normalized spacial score (nSPS) is 29.5. The van der Waals surface area contributed by atoms with Crippen molar-refractivity contribution in [3.05, 3.63) is 29.6 Å². The number of ether oxygens (including phenoxy) is 1. The van der Waals surface area contributed by atoms with Gasteiger partial charge < -0.3 is 15.6 Å². The van der Waals surface area contributed by atoms with E-state index in [0.29, 0.717) is 17.9 Å². The van der Waals surface area contributed by atoms with E-state index in [1.54, 1.807) is 0 Å². The Morgan fingerprint density at radius 1 is 1.58 bits per heavy atom. The first-order valence-electron chi connectivity index (χ1n) is 7.42. The van der Waals surface area contributed by atoms with E-state index in [4.69, 9.17) is 15.6 Å². The molecule has 130 valence electrons. The number of hydrogen-bond donors (Lipinski definition) is 3. The van der Waals surface area contributed by atoms with E-state index >= 15 is 0 Å². The average molecular weight is 357 g/mol. The third-order valence-electron chi connectivity index (χ3n) is 4.40. The van der Waals surface area contributed by atoms with Gasteiger partial charge in [0.1, 0.15) is 12.5 Å². The first-order chi connectivity index (χ1) is 11.5. The van der Waals surface area contributed by atoms with Crippen molar-refractivity contribution >= 4 is 28.7 Å². The molecule has 1 fully saturated rings. The minimum Gasteiger partial charge on any atom is -0.465 e. The summed E-state index contributed by atoms with van der Waals surface area (Å²) in [5.41, 5.74) is 5.31. The zero-order chi connectivity index (χ0) is 17.3. The molecule has 4 N–H and O–H groups in total. The van der Waals surface area contributed by atoms with Crippen LogP contribution in [-0.2, 0) is 10.3 Å². The molecule has 0 spiro atoms. The molecule has 3 atom stereocenters. The summed E-state index contributed by atoms with van der Waals surface area (Å²) in [5, 5.41) is 11.3. The summed E-state index contributed by atoms with van der Waals surface area (Å²) in [4.78, 5) is 15.4. The van der Waals surface area contributed by atoms with Gasteiger partial charge in [0.2, 0.25) is 0 Å². The van der Waals surface area contributed by atoms with E-state index < -0.39 is 36.1 Å². The molecule has 1 aromatic carbocycles. The molecule has 2 heterocycles. The van der Waals surface area contributed by atoms with Gasteiger partial charge in [0, 0.05) is 35.9 Å². The molecule has 6 nitrogen and oxygen atoms in total. The number of hydrogen-bond acceptors (Lipinski definition) is 5. The number of amidine groups is 1. The van der Waals surface area contributed by atoms with Crippen LogP contribution in [0.3, 0.4) is 0 Å². The van der Waals surface area contributed by atoms with Gasteiger partial charge in [-0.25, -0.2) is 13.6 Å². The quantitative estimate of drug-likeness (QED) is 0.706. The fourth-order valence-corrected chi connectivity index (χ4v) is 4.53. The maximum absolute atomic E-state index is 14.5. The minimum atomic E-state index is -1.25. The molecule has 2 aliphatic rings. The fraction of sp³-hybridized carbons (Fsp3) is 0.467. The lowest BCUT2D eigenvalue weighted by Crippen LogP contribution is -2.53. The van der Waals surface area contributed by atoms with Crippen molar-refractivity contribution in [2.45, 2.75) is 18.1 Å². The Morgan fingerprint density at radius 3 is 3.08 bits per heavy atom. The molecule has 9 heteroatoms. The van der Waals surface area contributed by atoms with Crippen molar-refractivity contribution in [2.24, 2.45) is 10.9 Å². The summed E-state index contributed by atoms with van der Waals surface area (Å²) in [6.07, 6.45) is -1.65. The highest BCUT2D eigenvalue weighted by atomic mass is 32.2. The highest BCUT2D eigenvalue weighted by Gasteiger charge is 2.51. The number of thioether (sulfide) groups is 1. The number of nitrogens with two attached hydrogens (primary N) is 1.